The summed E-state index contributed by atoms with van der Waals surface area (Å²) in [6.45, 7) is 1.11. The first kappa shape index (κ1) is 22.8. The second-order valence-corrected chi connectivity index (χ2v) is 9.79. The van der Waals surface area contributed by atoms with E-state index in [-0.39, 0.29) is 42.4 Å². The van der Waals surface area contributed by atoms with E-state index in [4.69, 9.17) is 14.2 Å². The van der Waals surface area contributed by atoms with Crippen LogP contribution in [0, 0.1) is 5.92 Å². The average molecular weight is 484 g/mol. The molecule has 2 aliphatic heterocycles. The molecule has 3 aliphatic rings. The Balaban J connectivity index is 1.17. The lowest BCUT2D eigenvalue weighted by atomic mass is 9.80. The summed E-state index contributed by atoms with van der Waals surface area (Å²) in [6, 6.07) is 23.6. The number of para-hydroxylation sites is 1. The fraction of sp³-hybridized carbons (Fsp3) is 0.333. The minimum Gasteiger partial charge on any atom is -0.496 e. The van der Waals surface area contributed by atoms with E-state index in [1.807, 2.05) is 53.4 Å². The second-order valence-electron chi connectivity index (χ2n) is 9.79. The Bertz CT molecular complexity index is 1240. The van der Waals surface area contributed by atoms with Gasteiger partial charge < -0.3 is 14.2 Å². The lowest BCUT2D eigenvalue weighted by molar-refractivity contribution is -0.0748. The molecule has 0 N–H and O–H groups in total. The van der Waals surface area contributed by atoms with Crippen LogP contribution >= 0.6 is 0 Å². The molecule has 2 fully saturated rings. The Kier molecular flexibility index (Phi) is 5.97. The standard InChI is InChI=1S/C30H29NO5/c1-34-28-13-7-6-12-26(28)29(32)19-14-20-16-35-17-21(15-19)31(20)30(33)36-18-27-24-10-4-2-8-22(24)23-9-3-5-11-25(23)27/h2-13,19-21,27H,14-18H2,1H3. The molecule has 0 radical (unpaired) electrons. The van der Waals surface area contributed by atoms with Crippen molar-refractivity contribution in [3.63, 3.8) is 0 Å². The first-order valence-corrected chi connectivity index (χ1v) is 12.5. The number of carbonyl (C=O) groups is 2. The number of rotatable bonds is 5. The van der Waals surface area contributed by atoms with Gasteiger partial charge in [0.15, 0.2) is 5.78 Å². The number of ether oxygens (including phenoxy) is 3. The van der Waals surface area contributed by atoms with Gasteiger partial charge in [-0.3, -0.25) is 9.69 Å². The van der Waals surface area contributed by atoms with Crippen LogP contribution in [-0.2, 0) is 9.47 Å². The van der Waals surface area contributed by atoms with Gasteiger partial charge in [0.25, 0.3) is 0 Å². The van der Waals surface area contributed by atoms with Crippen molar-refractivity contribution in [3.8, 4) is 16.9 Å². The number of methoxy groups -OCH3 is 1. The molecule has 0 aromatic heterocycles. The van der Waals surface area contributed by atoms with Gasteiger partial charge in [-0.1, -0.05) is 60.7 Å². The third kappa shape index (κ3) is 3.86. The van der Waals surface area contributed by atoms with Crippen LogP contribution in [0.1, 0.15) is 40.2 Å². The highest BCUT2D eigenvalue weighted by atomic mass is 16.6. The molecule has 1 aliphatic carbocycles. The van der Waals surface area contributed by atoms with E-state index in [1.165, 1.54) is 22.3 Å². The molecule has 6 nitrogen and oxygen atoms in total. The predicted octanol–water partition coefficient (Wildman–Crippen LogP) is 5.31. The largest absolute Gasteiger partial charge is 0.496 e. The van der Waals surface area contributed by atoms with Gasteiger partial charge in [0.05, 0.1) is 38.0 Å². The molecule has 2 bridgehead atoms. The summed E-state index contributed by atoms with van der Waals surface area (Å²) in [7, 11) is 1.58. The van der Waals surface area contributed by atoms with Gasteiger partial charge in [0.1, 0.15) is 12.4 Å². The van der Waals surface area contributed by atoms with Gasteiger partial charge in [0, 0.05) is 11.8 Å². The molecule has 36 heavy (non-hydrogen) atoms. The van der Waals surface area contributed by atoms with Crippen LogP contribution in [0.3, 0.4) is 0 Å². The van der Waals surface area contributed by atoms with E-state index in [9.17, 15) is 9.59 Å². The van der Waals surface area contributed by atoms with E-state index in [0.717, 1.165) is 0 Å². The average Bonchev–Trinajstić information content (AvgIpc) is 3.24. The fourth-order valence-corrected chi connectivity index (χ4v) is 6.16. The summed E-state index contributed by atoms with van der Waals surface area (Å²) in [5.41, 5.74) is 5.39. The van der Waals surface area contributed by atoms with Crippen molar-refractivity contribution in [3.05, 3.63) is 89.5 Å². The molecule has 2 atom stereocenters. The number of morpholine rings is 1. The quantitative estimate of drug-likeness (QED) is 0.461. The zero-order valence-corrected chi connectivity index (χ0v) is 20.3. The highest BCUT2D eigenvalue weighted by Gasteiger charge is 2.45. The van der Waals surface area contributed by atoms with Crippen LogP contribution in [-0.4, -0.2) is 55.8 Å². The summed E-state index contributed by atoms with van der Waals surface area (Å²) >= 11 is 0. The molecule has 2 unspecified atom stereocenters. The maximum atomic E-state index is 13.4. The first-order valence-electron chi connectivity index (χ1n) is 12.5. The number of piperidine rings is 1. The molecule has 2 heterocycles. The Morgan fingerprint density at radius 3 is 2.08 bits per heavy atom. The Morgan fingerprint density at radius 2 is 1.44 bits per heavy atom. The molecule has 1 amide bonds. The molecular weight excluding hydrogens is 454 g/mol. The third-order valence-electron chi connectivity index (χ3n) is 7.81. The van der Waals surface area contributed by atoms with Crippen molar-refractivity contribution in [2.45, 2.75) is 30.8 Å². The van der Waals surface area contributed by atoms with Gasteiger partial charge in [-0.15, -0.1) is 0 Å². The molecule has 0 saturated carbocycles. The molecule has 6 heteroatoms. The van der Waals surface area contributed by atoms with Crippen LogP contribution < -0.4 is 4.74 Å². The lowest BCUT2D eigenvalue weighted by Gasteiger charge is -2.47. The van der Waals surface area contributed by atoms with Gasteiger partial charge in [-0.25, -0.2) is 4.79 Å². The SMILES string of the molecule is COc1ccccc1C(=O)C1CC2COCC(C1)N2C(=O)OCC1c2ccccc2-c2ccccc21. The number of fused-ring (bicyclic) bond motifs is 5. The van der Waals surface area contributed by atoms with Gasteiger partial charge in [-0.2, -0.15) is 0 Å². The van der Waals surface area contributed by atoms with E-state index >= 15 is 0 Å². The van der Waals surface area contributed by atoms with Crippen molar-refractivity contribution in [2.75, 3.05) is 26.9 Å². The number of ketones is 1. The zero-order valence-electron chi connectivity index (χ0n) is 20.3. The summed E-state index contributed by atoms with van der Waals surface area (Å²) in [6.07, 6.45) is 0.785. The smallest absolute Gasteiger partial charge is 0.410 e. The van der Waals surface area contributed by atoms with Crippen LogP contribution in [0.15, 0.2) is 72.8 Å². The Morgan fingerprint density at radius 1 is 0.861 bits per heavy atom. The second kappa shape index (κ2) is 9.43. The summed E-state index contributed by atoms with van der Waals surface area (Å²) in [5.74, 6) is 0.486. The normalized spacial score (nSPS) is 22.5. The number of carbonyl (C=O) groups excluding carboxylic acids is 2. The van der Waals surface area contributed by atoms with Gasteiger partial charge in [0.2, 0.25) is 0 Å². The first-order chi connectivity index (χ1) is 17.7. The van der Waals surface area contributed by atoms with Gasteiger partial charge in [-0.05, 0) is 47.2 Å². The van der Waals surface area contributed by atoms with Crippen molar-refractivity contribution >= 4 is 11.9 Å². The fourth-order valence-electron chi connectivity index (χ4n) is 6.16. The van der Waals surface area contributed by atoms with Crippen molar-refractivity contribution < 1.29 is 23.8 Å². The van der Waals surface area contributed by atoms with Crippen molar-refractivity contribution in [2.24, 2.45) is 5.92 Å². The van der Waals surface area contributed by atoms with E-state index in [1.54, 1.807) is 7.11 Å². The molecular formula is C30H29NO5. The molecule has 3 aromatic rings. The third-order valence-corrected chi connectivity index (χ3v) is 7.81. The van der Waals surface area contributed by atoms with Crippen molar-refractivity contribution in [1.29, 1.82) is 0 Å². The van der Waals surface area contributed by atoms with E-state index < -0.39 is 0 Å². The topological polar surface area (TPSA) is 65.1 Å². The van der Waals surface area contributed by atoms with Crippen molar-refractivity contribution in [1.82, 2.24) is 4.90 Å². The number of amides is 1. The van der Waals surface area contributed by atoms with Gasteiger partial charge >= 0.3 is 6.09 Å². The summed E-state index contributed by atoms with van der Waals surface area (Å²) in [5, 5.41) is 0. The van der Waals surface area contributed by atoms with Crippen LogP contribution in [0.5, 0.6) is 5.75 Å². The summed E-state index contributed by atoms with van der Waals surface area (Å²) < 4.78 is 17.2. The Hall–Kier alpha value is -3.64. The number of benzene rings is 3. The predicted molar refractivity (Wildman–Crippen MR) is 135 cm³/mol. The number of Topliss-reactive ketones (excluding diaryl/α,β-unsaturated/α-hetero) is 1. The maximum Gasteiger partial charge on any atom is 0.410 e. The molecule has 6 rings (SSSR count). The molecule has 3 aromatic carbocycles. The number of nitrogens with zero attached hydrogens (tertiary/aromatic N) is 1. The summed E-state index contributed by atoms with van der Waals surface area (Å²) in [4.78, 5) is 28.6. The molecule has 2 saturated heterocycles. The lowest BCUT2D eigenvalue weighted by Crippen LogP contribution is -2.60. The molecule has 184 valence electrons. The highest BCUT2D eigenvalue weighted by Crippen LogP contribution is 2.45. The minimum atomic E-state index is -0.321. The van der Waals surface area contributed by atoms with Crippen LogP contribution in [0.25, 0.3) is 11.1 Å². The maximum absolute atomic E-state index is 13.4. The van der Waals surface area contributed by atoms with E-state index in [2.05, 4.69) is 24.3 Å². The Labute approximate surface area is 210 Å². The number of hydrogen-bond acceptors (Lipinski definition) is 5. The number of hydrogen-bond donors (Lipinski definition) is 0. The molecule has 0 spiro atoms. The highest BCUT2D eigenvalue weighted by molar-refractivity contribution is 6.00. The van der Waals surface area contributed by atoms with Crippen LogP contribution in [0.4, 0.5) is 4.79 Å². The van der Waals surface area contributed by atoms with Crippen LogP contribution in [0.2, 0.25) is 0 Å². The monoisotopic (exact) mass is 483 g/mol. The zero-order chi connectivity index (χ0) is 24.6. The minimum absolute atomic E-state index is 0.0158. The van der Waals surface area contributed by atoms with E-state index in [0.29, 0.717) is 37.4 Å².